The fourth-order valence-corrected chi connectivity index (χ4v) is 0.977. The van der Waals surface area contributed by atoms with Crippen LogP contribution in [-0.2, 0) is 0 Å². The van der Waals surface area contributed by atoms with Crippen LogP contribution in [0.4, 0.5) is 0 Å². The summed E-state index contributed by atoms with van der Waals surface area (Å²) in [4.78, 5) is 0. The average Bonchev–Trinajstić information content (AvgIpc) is 2.47. The van der Waals surface area contributed by atoms with Crippen molar-refractivity contribution in [3.8, 4) is 0 Å². The van der Waals surface area contributed by atoms with Gasteiger partial charge in [-0.05, 0) is 25.2 Å². The first-order chi connectivity index (χ1) is 3.69. The SMILES string of the molecule is C/C(=C/Cl)C1(C)CC1. The Hall–Kier alpha value is 0.0300. The molecule has 46 valence electrons. The molecule has 0 bridgehead atoms. The van der Waals surface area contributed by atoms with Crippen molar-refractivity contribution in [3.05, 3.63) is 11.1 Å². The second-order valence-corrected chi connectivity index (χ2v) is 3.07. The van der Waals surface area contributed by atoms with Crippen LogP contribution in [0.15, 0.2) is 11.1 Å². The second-order valence-electron chi connectivity index (χ2n) is 2.85. The van der Waals surface area contributed by atoms with Gasteiger partial charge in [0.15, 0.2) is 0 Å². The molecule has 0 spiro atoms. The van der Waals surface area contributed by atoms with Crippen molar-refractivity contribution in [2.75, 3.05) is 0 Å². The summed E-state index contributed by atoms with van der Waals surface area (Å²) in [6.45, 7) is 4.35. The molecule has 0 aliphatic heterocycles. The normalized spacial score (nSPS) is 25.6. The van der Waals surface area contributed by atoms with Gasteiger partial charge in [0, 0.05) is 5.54 Å². The van der Waals surface area contributed by atoms with Crippen LogP contribution >= 0.6 is 11.6 Å². The highest BCUT2D eigenvalue weighted by atomic mass is 35.5. The molecule has 0 radical (unpaired) electrons. The molecular formula is C7H11Cl. The Kier molecular flexibility index (Phi) is 1.36. The van der Waals surface area contributed by atoms with E-state index in [4.69, 9.17) is 11.6 Å². The van der Waals surface area contributed by atoms with E-state index in [-0.39, 0.29) is 0 Å². The smallest absolute Gasteiger partial charge is 0.00371 e. The van der Waals surface area contributed by atoms with E-state index in [1.165, 1.54) is 18.4 Å². The van der Waals surface area contributed by atoms with Gasteiger partial charge in [-0.3, -0.25) is 0 Å². The van der Waals surface area contributed by atoms with Crippen molar-refractivity contribution < 1.29 is 0 Å². The van der Waals surface area contributed by atoms with Gasteiger partial charge < -0.3 is 0 Å². The standard InChI is InChI=1S/C7H11Cl/c1-6(5-8)7(2)3-4-7/h5H,3-4H2,1-2H3/b6-5-. The minimum atomic E-state index is 0.488. The molecule has 0 heterocycles. The molecule has 0 saturated heterocycles. The molecule has 0 unspecified atom stereocenters. The lowest BCUT2D eigenvalue weighted by Gasteiger charge is -2.04. The Morgan fingerprint density at radius 1 is 1.62 bits per heavy atom. The van der Waals surface area contributed by atoms with Crippen LogP contribution in [0.3, 0.4) is 0 Å². The molecule has 0 aromatic rings. The van der Waals surface area contributed by atoms with Crippen LogP contribution in [0.5, 0.6) is 0 Å². The van der Waals surface area contributed by atoms with E-state index in [1.54, 1.807) is 5.54 Å². The van der Waals surface area contributed by atoms with Gasteiger partial charge >= 0.3 is 0 Å². The zero-order chi connectivity index (χ0) is 6.20. The third-order valence-electron chi connectivity index (χ3n) is 2.12. The molecule has 0 N–H and O–H groups in total. The third-order valence-corrected chi connectivity index (χ3v) is 2.44. The van der Waals surface area contributed by atoms with Crippen molar-refractivity contribution in [2.45, 2.75) is 26.7 Å². The van der Waals surface area contributed by atoms with E-state index >= 15 is 0 Å². The van der Waals surface area contributed by atoms with Crippen LogP contribution in [0, 0.1) is 5.41 Å². The summed E-state index contributed by atoms with van der Waals surface area (Å²) in [6.07, 6.45) is 2.64. The number of rotatable bonds is 1. The number of hydrogen-bond donors (Lipinski definition) is 0. The van der Waals surface area contributed by atoms with Crippen molar-refractivity contribution in [2.24, 2.45) is 5.41 Å². The summed E-state index contributed by atoms with van der Waals surface area (Å²) in [7, 11) is 0. The first kappa shape index (κ1) is 6.15. The maximum atomic E-state index is 5.51. The van der Waals surface area contributed by atoms with E-state index in [0.29, 0.717) is 5.41 Å². The molecule has 1 heteroatoms. The molecule has 1 fully saturated rings. The Labute approximate surface area is 55.5 Å². The maximum absolute atomic E-state index is 5.51. The van der Waals surface area contributed by atoms with Gasteiger partial charge in [0.2, 0.25) is 0 Å². The largest absolute Gasteiger partial charge is 0.0930 e. The van der Waals surface area contributed by atoms with E-state index in [9.17, 15) is 0 Å². The monoisotopic (exact) mass is 130 g/mol. The Morgan fingerprint density at radius 3 is 2.25 bits per heavy atom. The van der Waals surface area contributed by atoms with E-state index in [1.807, 2.05) is 0 Å². The van der Waals surface area contributed by atoms with Crippen LogP contribution in [0.25, 0.3) is 0 Å². The molecular weight excluding hydrogens is 120 g/mol. The lowest BCUT2D eigenvalue weighted by Crippen LogP contribution is -1.91. The minimum Gasteiger partial charge on any atom is -0.0930 e. The minimum absolute atomic E-state index is 0.488. The third kappa shape index (κ3) is 0.899. The van der Waals surface area contributed by atoms with Crippen molar-refractivity contribution in [3.63, 3.8) is 0 Å². The molecule has 0 amide bonds. The highest BCUT2D eigenvalue weighted by molar-refractivity contribution is 6.25. The Bertz CT molecular complexity index is 120. The van der Waals surface area contributed by atoms with Gasteiger partial charge in [-0.25, -0.2) is 0 Å². The Balaban J connectivity index is 2.59. The highest BCUT2D eigenvalue weighted by Gasteiger charge is 2.38. The topological polar surface area (TPSA) is 0 Å². The summed E-state index contributed by atoms with van der Waals surface area (Å²) in [5.74, 6) is 0. The van der Waals surface area contributed by atoms with Gasteiger partial charge in [0.25, 0.3) is 0 Å². The van der Waals surface area contributed by atoms with Gasteiger partial charge in [0.05, 0.1) is 0 Å². The van der Waals surface area contributed by atoms with Gasteiger partial charge in [-0.15, -0.1) is 0 Å². The Morgan fingerprint density at radius 2 is 2.12 bits per heavy atom. The molecule has 8 heavy (non-hydrogen) atoms. The molecule has 1 aliphatic rings. The first-order valence-corrected chi connectivity index (χ1v) is 3.40. The fourth-order valence-electron chi connectivity index (χ4n) is 0.714. The maximum Gasteiger partial charge on any atom is 0.00371 e. The lowest BCUT2D eigenvalue weighted by atomic mass is 10.0. The van der Waals surface area contributed by atoms with Crippen LogP contribution in [0.2, 0.25) is 0 Å². The molecule has 1 aliphatic carbocycles. The van der Waals surface area contributed by atoms with Gasteiger partial charge in [0.1, 0.15) is 0 Å². The quantitative estimate of drug-likeness (QED) is 0.512. The predicted octanol–water partition coefficient (Wildman–Crippen LogP) is 2.93. The molecule has 0 atom stereocenters. The molecule has 0 aromatic heterocycles. The molecule has 1 saturated carbocycles. The highest BCUT2D eigenvalue weighted by Crippen LogP contribution is 2.51. The molecule has 1 rings (SSSR count). The number of allylic oxidation sites excluding steroid dienone is 1. The van der Waals surface area contributed by atoms with Gasteiger partial charge in [-0.1, -0.05) is 24.1 Å². The molecule has 0 nitrogen and oxygen atoms in total. The number of halogens is 1. The summed E-state index contributed by atoms with van der Waals surface area (Å²) in [5, 5.41) is 0. The zero-order valence-electron chi connectivity index (χ0n) is 5.37. The zero-order valence-corrected chi connectivity index (χ0v) is 6.13. The number of hydrogen-bond acceptors (Lipinski definition) is 0. The van der Waals surface area contributed by atoms with Crippen LogP contribution in [0.1, 0.15) is 26.7 Å². The second kappa shape index (κ2) is 1.77. The fraction of sp³-hybridized carbons (Fsp3) is 0.714. The summed E-state index contributed by atoms with van der Waals surface area (Å²) >= 11 is 5.51. The van der Waals surface area contributed by atoms with Crippen molar-refractivity contribution in [1.82, 2.24) is 0 Å². The van der Waals surface area contributed by atoms with Crippen molar-refractivity contribution >= 4 is 11.6 Å². The van der Waals surface area contributed by atoms with Crippen molar-refractivity contribution in [1.29, 1.82) is 0 Å². The van der Waals surface area contributed by atoms with Gasteiger partial charge in [-0.2, -0.15) is 0 Å². The average molecular weight is 131 g/mol. The van der Waals surface area contributed by atoms with E-state index in [0.717, 1.165) is 0 Å². The first-order valence-electron chi connectivity index (χ1n) is 2.96. The summed E-state index contributed by atoms with van der Waals surface area (Å²) in [6, 6.07) is 0. The van der Waals surface area contributed by atoms with Crippen LogP contribution < -0.4 is 0 Å². The van der Waals surface area contributed by atoms with Crippen LogP contribution in [-0.4, -0.2) is 0 Å². The van der Waals surface area contributed by atoms with E-state index in [2.05, 4.69) is 13.8 Å². The predicted molar refractivity (Wildman–Crippen MR) is 37.0 cm³/mol. The lowest BCUT2D eigenvalue weighted by molar-refractivity contribution is 0.691. The molecule has 0 aromatic carbocycles. The summed E-state index contributed by atoms with van der Waals surface area (Å²) in [5.41, 5.74) is 3.52. The van der Waals surface area contributed by atoms with E-state index < -0.39 is 0 Å². The summed E-state index contributed by atoms with van der Waals surface area (Å²) < 4.78 is 0.